The van der Waals surface area contributed by atoms with Crippen LogP contribution in [0.3, 0.4) is 0 Å². The first-order valence-corrected chi connectivity index (χ1v) is 7.81. The van der Waals surface area contributed by atoms with Crippen molar-refractivity contribution in [3.63, 3.8) is 0 Å². The van der Waals surface area contributed by atoms with Crippen molar-refractivity contribution in [2.75, 3.05) is 13.2 Å². The summed E-state index contributed by atoms with van der Waals surface area (Å²) < 4.78 is 20.0. The molecule has 0 bridgehead atoms. The SMILES string of the molecule is CCOC(=O)Cn1ncc2c1CCN(Cc1cccc(F)c1)C2. The summed E-state index contributed by atoms with van der Waals surface area (Å²) in [6.45, 7) is 4.66. The van der Waals surface area contributed by atoms with Crippen molar-refractivity contribution >= 4 is 5.97 Å². The Bertz CT molecular complexity index is 699. The van der Waals surface area contributed by atoms with E-state index >= 15 is 0 Å². The van der Waals surface area contributed by atoms with Crippen LogP contribution in [0.25, 0.3) is 0 Å². The number of aromatic nitrogens is 2. The maximum atomic E-state index is 13.3. The summed E-state index contributed by atoms with van der Waals surface area (Å²) in [7, 11) is 0. The van der Waals surface area contributed by atoms with Gasteiger partial charge in [-0.1, -0.05) is 12.1 Å². The first-order chi connectivity index (χ1) is 11.2. The quantitative estimate of drug-likeness (QED) is 0.793. The Labute approximate surface area is 134 Å². The molecule has 1 aromatic heterocycles. The van der Waals surface area contributed by atoms with Crippen molar-refractivity contribution in [1.82, 2.24) is 14.7 Å². The van der Waals surface area contributed by atoms with E-state index in [1.54, 1.807) is 23.7 Å². The molecule has 1 aliphatic rings. The van der Waals surface area contributed by atoms with Gasteiger partial charge in [-0.2, -0.15) is 5.10 Å². The lowest BCUT2D eigenvalue weighted by atomic mass is 10.1. The number of esters is 1. The van der Waals surface area contributed by atoms with Crippen LogP contribution in [0.15, 0.2) is 30.5 Å². The average Bonchev–Trinajstić information content (AvgIpc) is 2.90. The molecular formula is C17H20FN3O2. The predicted octanol–water partition coefficient (Wildman–Crippen LogP) is 2.14. The summed E-state index contributed by atoms with van der Waals surface area (Å²) in [5.41, 5.74) is 3.18. The zero-order valence-corrected chi connectivity index (χ0v) is 13.2. The molecule has 122 valence electrons. The summed E-state index contributed by atoms with van der Waals surface area (Å²) >= 11 is 0. The highest BCUT2D eigenvalue weighted by Crippen LogP contribution is 2.20. The number of carbonyl (C=O) groups excluding carboxylic acids is 1. The molecule has 0 spiro atoms. The molecule has 0 fully saturated rings. The van der Waals surface area contributed by atoms with Gasteiger partial charge >= 0.3 is 5.97 Å². The van der Waals surface area contributed by atoms with Crippen molar-refractivity contribution in [2.24, 2.45) is 0 Å². The molecule has 0 unspecified atom stereocenters. The molecule has 2 heterocycles. The zero-order valence-electron chi connectivity index (χ0n) is 13.2. The highest BCUT2D eigenvalue weighted by molar-refractivity contribution is 5.69. The second-order valence-electron chi connectivity index (χ2n) is 5.67. The van der Waals surface area contributed by atoms with E-state index in [1.807, 2.05) is 12.3 Å². The minimum Gasteiger partial charge on any atom is -0.465 e. The maximum Gasteiger partial charge on any atom is 0.327 e. The number of benzene rings is 1. The Morgan fingerprint density at radius 2 is 2.30 bits per heavy atom. The number of carbonyl (C=O) groups is 1. The van der Waals surface area contributed by atoms with E-state index in [0.717, 1.165) is 36.3 Å². The smallest absolute Gasteiger partial charge is 0.327 e. The molecule has 0 radical (unpaired) electrons. The number of hydrogen-bond donors (Lipinski definition) is 0. The van der Waals surface area contributed by atoms with Gasteiger partial charge in [-0.25, -0.2) is 4.39 Å². The van der Waals surface area contributed by atoms with Crippen molar-refractivity contribution in [3.05, 3.63) is 53.1 Å². The average molecular weight is 317 g/mol. The molecule has 6 heteroatoms. The van der Waals surface area contributed by atoms with Crippen molar-refractivity contribution in [3.8, 4) is 0 Å². The highest BCUT2D eigenvalue weighted by Gasteiger charge is 2.21. The molecule has 0 atom stereocenters. The van der Waals surface area contributed by atoms with Gasteiger partial charge in [0.15, 0.2) is 0 Å². The standard InChI is InChI=1S/C17H20FN3O2/c1-2-23-17(22)12-21-16-6-7-20(11-14(16)9-19-21)10-13-4-3-5-15(18)8-13/h3-5,8-9H,2,6-7,10-12H2,1H3. The molecule has 0 amide bonds. The molecule has 0 saturated carbocycles. The molecule has 2 aromatic rings. The molecule has 1 aromatic carbocycles. The molecule has 3 rings (SSSR count). The van der Waals surface area contributed by atoms with Crippen molar-refractivity contribution in [1.29, 1.82) is 0 Å². The van der Waals surface area contributed by atoms with Crippen LogP contribution in [0.2, 0.25) is 0 Å². The summed E-state index contributed by atoms with van der Waals surface area (Å²) in [6, 6.07) is 6.69. The van der Waals surface area contributed by atoms with Gasteiger partial charge in [0.2, 0.25) is 0 Å². The van der Waals surface area contributed by atoms with E-state index in [-0.39, 0.29) is 18.3 Å². The second kappa shape index (κ2) is 6.91. The van der Waals surface area contributed by atoms with Gasteiger partial charge in [-0.3, -0.25) is 14.4 Å². The summed E-state index contributed by atoms with van der Waals surface area (Å²) in [6.07, 6.45) is 2.64. The van der Waals surface area contributed by atoms with Crippen LogP contribution in [-0.2, 0) is 35.6 Å². The summed E-state index contributed by atoms with van der Waals surface area (Å²) in [5, 5.41) is 4.30. The van der Waals surface area contributed by atoms with Gasteiger partial charge in [0.1, 0.15) is 12.4 Å². The van der Waals surface area contributed by atoms with Gasteiger partial charge in [0, 0.05) is 37.3 Å². The van der Waals surface area contributed by atoms with Crippen LogP contribution in [0.1, 0.15) is 23.7 Å². The van der Waals surface area contributed by atoms with Gasteiger partial charge in [0.05, 0.1) is 12.8 Å². The maximum absolute atomic E-state index is 13.3. The van der Waals surface area contributed by atoms with Crippen molar-refractivity contribution < 1.29 is 13.9 Å². The number of rotatable bonds is 5. The third-order valence-corrected chi connectivity index (χ3v) is 3.97. The fraction of sp³-hybridized carbons (Fsp3) is 0.412. The van der Waals surface area contributed by atoms with E-state index in [1.165, 1.54) is 6.07 Å². The van der Waals surface area contributed by atoms with Crippen LogP contribution in [0.5, 0.6) is 0 Å². The minimum atomic E-state index is -0.263. The number of hydrogen-bond acceptors (Lipinski definition) is 4. The van der Waals surface area contributed by atoms with E-state index in [0.29, 0.717) is 13.2 Å². The summed E-state index contributed by atoms with van der Waals surface area (Å²) in [4.78, 5) is 13.9. The number of ether oxygens (including phenoxy) is 1. The Kier molecular flexibility index (Phi) is 4.71. The first kappa shape index (κ1) is 15.7. The van der Waals surface area contributed by atoms with E-state index in [9.17, 15) is 9.18 Å². The van der Waals surface area contributed by atoms with Crippen LogP contribution >= 0.6 is 0 Å². The van der Waals surface area contributed by atoms with Crippen LogP contribution in [-0.4, -0.2) is 33.8 Å². The van der Waals surface area contributed by atoms with Gasteiger partial charge in [0.25, 0.3) is 0 Å². The van der Waals surface area contributed by atoms with E-state index in [4.69, 9.17) is 4.74 Å². The molecule has 0 N–H and O–H groups in total. The van der Waals surface area contributed by atoms with Gasteiger partial charge in [-0.05, 0) is 24.6 Å². The molecule has 0 saturated heterocycles. The third-order valence-electron chi connectivity index (χ3n) is 3.97. The van der Waals surface area contributed by atoms with E-state index in [2.05, 4.69) is 10.00 Å². The second-order valence-corrected chi connectivity index (χ2v) is 5.67. The Morgan fingerprint density at radius 3 is 3.09 bits per heavy atom. The Balaban J connectivity index is 1.65. The Morgan fingerprint density at radius 1 is 1.43 bits per heavy atom. The van der Waals surface area contributed by atoms with Gasteiger partial charge in [-0.15, -0.1) is 0 Å². The lowest BCUT2D eigenvalue weighted by Crippen LogP contribution is -2.31. The lowest BCUT2D eigenvalue weighted by molar-refractivity contribution is -0.144. The number of halogens is 1. The van der Waals surface area contributed by atoms with Crippen LogP contribution < -0.4 is 0 Å². The number of nitrogens with zero attached hydrogens (tertiary/aromatic N) is 3. The lowest BCUT2D eigenvalue weighted by Gasteiger charge is -2.27. The predicted molar refractivity (Wildman–Crippen MR) is 83.1 cm³/mol. The summed E-state index contributed by atoms with van der Waals surface area (Å²) in [5.74, 6) is -0.469. The normalized spacial score (nSPS) is 14.5. The van der Waals surface area contributed by atoms with Gasteiger partial charge < -0.3 is 4.74 Å². The fourth-order valence-corrected chi connectivity index (χ4v) is 2.95. The zero-order chi connectivity index (χ0) is 16.2. The highest BCUT2D eigenvalue weighted by atomic mass is 19.1. The third kappa shape index (κ3) is 3.76. The molecule has 5 nitrogen and oxygen atoms in total. The monoisotopic (exact) mass is 317 g/mol. The van der Waals surface area contributed by atoms with Crippen molar-refractivity contribution in [2.45, 2.75) is 33.0 Å². The Hall–Kier alpha value is -2.21. The topological polar surface area (TPSA) is 47.4 Å². The molecule has 1 aliphatic heterocycles. The fourth-order valence-electron chi connectivity index (χ4n) is 2.95. The van der Waals surface area contributed by atoms with Crippen LogP contribution in [0.4, 0.5) is 4.39 Å². The minimum absolute atomic E-state index is 0.160. The molecular weight excluding hydrogens is 297 g/mol. The molecule has 0 aliphatic carbocycles. The molecule has 23 heavy (non-hydrogen) atoms. The van der Waals surface area contributed by atoms with E-state index < -0.39 is 0 Å². The number of fused-ring (bicyclic) bond motifs is 1. The first-order valence-electron chi connectivity index (χ1n) is 7.81. The van der Waals surface area contributed by atoms with Crippen LogP contribution in [0, 0.1) is 5.82 Å². The largest absolute Gasteiger partial charge is 0.465 e.